The predicted octanol–water partition coefficient (Wildman–Crippen LogP) is 3.20. The predicted molar refractivity (Wildman–Crippen MR) is 77.3 cm³/mol. The summed E-state index contributed by atoms with van der Waals surface area (Å²) in [5.41, 5.74) is 1.94. The van der Waals surface area contributed by atoms with Gasteiger partial charge < -0.3 is 9.84 Å². The van der Waals surface area contributed by atoms with Gasteiger partial charge in [0.1, 0.15) is 18.2 Å². The molecular formula is C17H16FNO2. The van der Waals surface area contributed by atoms with Crippen LogP contribution in [-0.2, 0) is 13.0 Å². The monoisotopic (exact) mass is 285 g/mol. The van der Waals surface area contributed by atoms with Crippen LogP contribution in [0.4, 0.5) is 4.39 Å². The number of aliphatic hydroxyl groups excluding tert-OH is 1. The second-order valence-corrected chi connectivity index (χ2v) is 4.90. The first-order chi connectivity index (χ1) is 10.1. The number of rotatable bonds is 5. The van der Waals surface area contributed by atoms with Gasteiger partial charge in [0, 0.05) is 5.56 Å². The maximum Gasteiger partial charge on any atom is 0.123 e. The SMILES string of the molecule is CC(O)Cc1ccc(OCc2cc(F)ccc2C#N)cc1. The van der Waals surface area contributed by atoms with E-state index < -0.39 is 0 Å². The number of nitrogens with zero attached hydrogens (tertiary/aromatic N) is 1. The van der Waals surface area contributed by atoms with E-state index >= 15 is 0 Å². The molecule has 0 saturated heterocycles. The van der Waals surface area contributed by atoms with Crippen LogP contribution >= 0.6 is 0 Å². The Kier molecular flexibility index (Phi) is 4.91. The molecule has 0 radical (unpaired) electrons. The summed E-state index contributed by atoms with van der Waals surface area (Å²) in [7, 11) is 0. The largest absolute Gasteiger partial charge is 0.489 e. The van der Waals surface area contributed by atoms with Crippen molar-refractivity contribution in [3.05, 3.63) is 65.0 Å². The van der Waals surface area contributed by atoms with E-state index in [9.17, 15) is 9.50 Å². The van der Waals surface area contributed by atoms with E-state index in [4.69, 9.17) is 10.00 Å². The highest BCUT2D eigenvalue weighted by molar-refractivity contribution is 5.38. The molecule has 0 aliphatic carbocycles. The van der Waals surface area contributed by atoms with Crippen molar-refractivity contribution < 1.29 is 14.2 Å². The molecule has 4 heteroatoms. The minimum Gasteiger partial charge on any atom is -0.489 e. The van der Waals surface area contributed by atoms with Crippen LogP contribution in [0.3, 0.4) is 0 Å². The van der Waals surface area contributed by atoms with E-state index in [0.717, 1.165) is 5.56 Å². The minimum atomic E-state index is -0.389. The Morgan fingerprint density at radius 2 is 1.95 bits per heavy atom. The van der Waals surface area contributed by atoms with Crippen molar-refractivity contribution in [2.24, 2.45) is 0 Å². The molecule has 3 nitrogen and oxygen atoms in total. The summed E-state index contributed by atoms with van der Waals surface area (Å²) in [6.45, 7) is 1.87. The fourth-order valence-corrected chi connectivity index (χ4v) is 2.01. The lowest BCUT2D eigenvalue weighted by Gasteiger charge is -2.09. The zero-order valence-electron chi connectivity index (χ0n) is 11.7. The molecule has 0 saturated carbocycles. The number of nitriles is 1. The quantitative estimate of drug-likeness (QED) is 0.917. The minimum absolute atomic E-state index is 0.135. The maximum absolute atomic E-state index is 13.2. The van der Waals surface area contributed by atoms with Gasteiger partial charge in [-0.3, -0.25) is 0 Å². The second-order valence-electron chi connectivity index (χ2n) is 4.90. The molecule has 21 heavy (non-hydrogen) atoms. The number of ether oxygens (including phenoxy) is 1. The number of aliphatic hydroxyl groups is 1. The molecule has 0 spiro atoms. The van der Waals surface area contributed by atoms with Crippen molar-refractivity contribution in [3.63, 3.8) is 0 Å². The van der Waals surface area contributed by atoms with Gasteiger partial charge in [-0.05, 0) is 49.2 Å². The molecule has 1 atom stereocenters. The second kappa shape index (κ2) is 6.87. The number of hydrogen-bond donors (Lipinski definition) is 1. The highest BCUT2D eigenvalue weighted by Gasteiger charge is 2.05. The van der Waals surface area contributed by atoms with Crippen molar-refractivity contribution >= 4 is 0 Å². The zero-order valence-corrected chi connectivity index (χ0v) is 11.7. The molecule has 2 aromatic carbocycles. The molecular weight excluding hydrogens is 269 g/mol. The van der Waals surface area contributed by atoms with Gasteiger partial charge in [-0.1, -0.05) is 12.1 Å². The van der Waals surface area contributed by atoms with Crippen LogP contribution in [0.2, 0.25) is 0 Å². The molecule has 0 fully saturated rings. The van der Waals surface area contributed by atoms with Crippen LogP contribution in [0.1, 0.15) is 23.6 Å². The van der Waals surface area contributed by atoms with Gasteiger partial charge in [0.15, 0.2) is 0 Å². The Bertz CT molecular complexity index is 645. The van der Waals surface area contributed by atoms with Gasteiger partial charge >= 0.3 is 0 Å². The molecule has 0 bridgehead atoms. The van der Waals surface area contributed by atoms with E-state index in [1.165, 1.54) is 18.2 Å². The highest BCUT2D eigenvalue weighted by atomic mass is 19.1. The molecule has 1 unspecified atom stereocenters. The lowest BCUT2D eigenvalue weighted by atomic mass is 10.1. The van der Waals surface area contributed by atoms with Crippen molar-refractivity contribution in [2.45, 2.75) is 26.1 Å². The Hall–Kier alpha value is -2.38. The van der Waals surface area contributed by atoms with E-state index in [-0.39, 0.29) is 18.5 Å². The standard InChI is InChI=1S/C17H16FNO2/c1-12(20)8-13-2-6-17(7-3-13)21-11-15-9-16(18)5-4-14(15)10-19/h2-7,9,12,20H,8,11H2,1H3. The van der Waals surface area contributed by atoms with Gasteiger partial charge in [-0.15, -0.1) is 0 Å². The van der Waals surface area contributed by atoms with Crippen LogP contribution in [0, 0.1) is 17.1 Å². The number of halogens is 1. The lowest BCUT2D eigenvalue weighted by molar-refractivity contribution is 0.195. The smallest absolute Gasteiger partial charge is 0.123 e. The van der Waals surface area contributed by atoms with Gasteiger partial charge in [0.25, 0.3) is 0 Å². The summed E-state index contributed by atoms with van der Waals surface area (Å²) in [6, 6.07) is 13.4. The van der Waals surface area contributed by atoms with Gasteiger partial charge in [0.2, 0.25) is 0 Å². The summed E-state index contributed by atoms with van der Waals surface area (Å²) >= 11 is 0. The topological polar surface area (TPSA) is 53.2 Å². The fourth-order valence-electron chi connectivity index (χ4n) is 2.01. The van der Waals surface area contributed by atoms with Crippen LogP contribution in [0.15, 0.2) is 42.5 Å². The van der Waals surface area contributed by atoms with Crippen molar-refractivity contribution in [1.82, 2.24) is 0 Å². The maximum atomic E-state index is 13.2. The third kappa shape index (κ3) is 4.30. The highest BCUT2D eigenvalue weighted by Crippen LogP contribution is 2.17. The summed E-state index contributed by atoms with van der Waals surface area (Å²) < 4.78 is 18.8. The molecule has 0 heterocycles. The van der Waals surface area contributed by atoms with E-state index in [2.05, 4.69) is 0 Å². The molecule has 0 amide bonds. The Balaban J connectivity index is 2.03. The summed E-state index contributed by atoms with van der Waals surface area (Å²) in [5.74, 6) is 0.248. The van der Waals surface area contributed by atoms with Crippen molar-refractivity contribution in [2.75, 3.05) is 0 Å². The molecule has 2 rings (SSSR count). The normalized spacial score (nSPS) is 11.7. The van der Waals surface area contributed by atoms with E-state index in [1.54, 1.807) is 19.1 Å². The van der Waals surface area contributed by atoms with Crippen LogP contribution < -0.4 is 4.74 Å². The first-order valence-electron chi connectivity index (χ1n) is 6.67. The van der Waals surface area contributed by atoms with Gasteiger partial charge in [-0.25, -0.2) is 4.39 Å². The lowest BCUT2D eigenvalue weighted by Crippen LogP contribution is -2.04. The molecule has 0 aliphatic heterocycles. The summed E-state index contributed by atoms with van der Waals surface area (Å²) in [4.78, 5) is 0. The van der Waals surface area contributed by atoms with Crippen molar-refractivity contribution in [1.29, 1.82) is 5.26 Å². The van der Waals surface area contributed by atoms with Gasteiger partial charge in [0.05, 0.1) is 17.7 Å². The van der Waals surface area contributed by atoms with E-state index in [0.29, 0.717) is 23.3 Å². The number of benzene rings is 2. The summed E-state index contributed by atoms with van der Waals surface area (Å²) in [5, 5.41) is 18.3. The average Bonchev–Trinajstić information content (AvgIpc) is 2.46. The Morgan fingerprint density at radius 1 is 1.24 bits per heavy atom. The zero-order chi connectivity index (χ0) is 15.2. The number of hydrogen-bond acceptors (Lipinski definition) is 3. The van der Waals surface area contributed by atoms with Crippen LogP contribution in [-0.4, -0.2) is 11.2 Å². The molecule has 0 aliphatic rings. The average molecular weight is 285 g/mol. The Labute approximate surface area is 123 Å². The first kappa shape index (κ1) is 15.0. The fraction of sp³-hybridized carbons (Fsp3) is 0.235. The van der Waals surface area contributed by atoms with Crippen LogP contribution in [0.5, 0.6) is 5.75 Å². The van der Waals surface area contributed by atoms with Crippen LogP contribution in [0.25, 0.3) is 0 Å². The third-order valence-corrected chi connectivity index (χ3v) is 3.04. The van der Waals surface area contributed by atoms with Gasteiger partial charge in [-0.2, -0.15) is 5.26 Å². The molecule has 0 aromatic heterocycles. The first-order valence-corrected chi connectivity index (χ1v) is 6.67. The molecule has 108 valence electrons. The summed E-state index contributed by atoms with van der Waals surface area (Å²) in [6.07, 6.45) is 0.199. The Morgan fingerprint density at radius 3 is 2.57 bits per heavy atom. The van der Waals surface area contributed by atoms with Crippen molar-refractivity contribution in [3.8, 4) is 11.8 Å². The van der Waals surface area contributed by atoms with E-state index in [1.807, 2.05) is 18.2 Å². The molecule has 1 N–H and O–H groups in total. The third-order valence-electron chi connectivity index (χ3n) is 3.04. The molecule has 2 aromatic rings.